The van der Waals surface area contributed by atoms with Crippen LogP contribution in [0.25, 0.3) is 10.9 Å². The lowest BCUT2D eigenvalue weighted by atomic mass is 9.89. The number of anilines is 8. The molecule has 348 valence electrons. The smallest absolute Gasteiger partial charge is 0.254 e. The van der Waals surface area contributed by atoms with Crippen LogP contribution >= 0.6 is 11.6 Å². The maximum Gasteiger partial charge on any atom is 0.254 e. The number of nitrogens with one attached hydrogen (secondary N) is 2. The van der Waals surface area contributed by atoms with Crippen LogP contribution < -0.4 is 24.9 Å². The van der Waals surface area contributed by atoms with Crippen molar-refractivity contribution < 1.29 is 31.5 Å². The number of aromatic nitrogens is 6. The molecule has 0 unspecified atom stereocenters. The number of nitriles is 2. The van der Waals surface area contributed by atoms with E-state index in [1.165, 1.54) is 34.5 Å². The van der Waals surface area contributed by atoms with Gasteiger partial charge in [0.15, 0.2) is 17.5 Å². The van der Waals surface area contributed by atoms with Crippen molar-refractivity contribution in [3.63, 3.8) is 0 Å². The average molecular weight is 950 g/mol. The number of carbonyl (C=O) groups excluding carboxylic acids is 2. The summed E-state index contributed by atoms with van der Waals surface area (Å²) in [5.41, 5.74) is 3.23. The molecular weight excluding hydrogens is 909 g/mol. The first-order chi connectivity index (χ1) is 32.5. The van der Waals surface area contributed by atoms with Gasteiger partial charge in [-0.25, -0.2) is 31.9 Å². The van der Waals surface area contributed by atoms with Gasteiger partial charge in [0, 0.05) is 48.8 Å². The summed E-state index contributed by atoms with van der Waals surface area (Å²) in [4.78, 5) is 51.0. The van der Waals surface area contributed by atoms with Crippen LogP contribution in [0, 0.1) is 28.5 Å². The second-order valence-electron chi connectivity index (χ2n) is 17.2. The number of nitrogens with zero attached hydrogens (tertiary/aromatic N) is 11. The SMILES string of the molecule is C[C@@H]1C(=O)N(c2cccc(C#N)c2)c2cnc(Cl)nc2N1C1CCC(F)(F)CC1.C[C@@H]1C(=O)N(c2cccc(C#N)c2)c2cnc(Nc3cc(F)c4[nH]ncc4c3)nc2N1C1CCC(F)(F)CC1. The number of benzene rings is 3. The normalized spacial score (nSPS) is 20.2. The lowest BCUT2D eigenvalue weighted by Gasteiger charge is -2.46. The molecule has 4 aliphatic rings. The Kier molecular flexibility index (Phi) is 12.1. The van der Waals surface area contributed by atoms with Crippen molar-refractivity contribution in [1.82, 2.24) is 30.1 Å². The Hall–Kier alpha value is -7.45. The molecule has 2 fully saturated rings. The van der Waals surface area contributed by atoms with E-state index < -0.39 is 29.7 Å². The number of fused-ring (bicyclic) bond motifs is 3. The van der Waals surface area contributed by atoms with E-state index in [1.807, 2.05) is 0 Å². The molecule has 3 aromatic carbocycles. The molecule has 2 N–H and O–H groups in total. The molecule has 0 bridgehead atoms. The minimum atomic E-state index is -2.74. The Morgan fingerprint density at radius 3 is 1.74 bits per heavy atom. The van der Waals surface area contributed by atoms with Crippen LogP contribution in [0.3, 0.4) is 0 Å². The highest BCUT2D eigenvalue weighted by Crippen LogP contribution is 2.46. The van der Waals surface area contributed by atoms with E-state index >= 15 is 0 Å². The fraction of sp³-hybridized carbons (Fsp3) is 0.340. The number of hydrogen-bond donors (Lipinski definition) is 2. The fourth-order valence-corrected chi connectivity index (χ4v) is 9.57. The molecule has 15 nitrogen and oxygen atoms in total. The van der Waals surface area contributed by atoms with Crippen LogP contribution in [0.1, 0.15) is 76.3 Å². The monoisotopic (exact) mass is 949 g/mol. The number of amides is 2. The van der Waals surface area contributed by atoms with Crippen molar-refractivity contribution in [2.45, 2.75) is 101 Å². The second kappa shape index (κ2) is 18.0. The van der Waals surface area contributed by atoms with Crippen LogP contribution in [-0.2, 0) is 9.59 Å². The topological polar surface area (TPSA) is 187 Å². The lowest BCUT2D eigenvalue weighted by Crippen LogP contribution is -2.56. The van der Waals surface area contributed by atoms with Crippen molar-refractivity contribution in [3.05, 3.63) is 101 Å². The van der Waals surface area contributed by atoms with Gasteiger partial charge in [-0.2, -0.15) is 25.6 Å². The van der Waals surface area contributed by atoms with Crippen molar-refractivity contribution in [1.29, 1.82) is 10.5 Å². The van der Waals surface area contributed by atoms with Gasteiger partial charge in [-0.1, -0.05) is 12.1 Å². The number of carbonyl (C=O) groups is 2. The van der Waals surface area contributed by atoms with Crippen molar-refractivity contribution in [2.24, 2.45) is 0 Å². The highest BCUT2D eigenvalue weighted by Gasteiger charge is 2.46. The number of hydrogen-bond acceptors (Lipinski definition) is 12. The molecule has 3 aromatic heterocycles. The maximum atomic E-state index is 14.5. The van der Waals surface area contributed by atoms with Crippen molar-refractivity contribution >= 4 is 80.3 Å². The van der Waals surface area contributed by atoms with E-state index in [-0.39, 0.29) is 92.0 Å². The van der Waals surface area contributed by atoms with E-state index in [0.29, 0.717) is 56.6 Å². The third-order valence-electron chi connectivity index (χ3n) is 12.8. The van der Waals surface area contributed by atoms with Crippen LogP contribution in [0.5, 0.6) is 0 Å². The summed E-state index contributed by atoms with van der Waals surface area (Å²) in [5.74, 6) is -5.46. The van der Waals surface area contributed by atoms with Gasteiger partial charge in [0.05, 0.1) is 53.2 Å². The Balaban J connectivity index is 0.000000178. The van der Waals surface area contributed by atoms with E-state index in [2.05, 4.69) is 42.6 Å². The van der Waals surface area contributed by atoms with Gasteiger partial charge in [-0.05, 0) is 99.7 Å². The van der Waals surface area contributed by atoms with Crippen LogP contribution in [0.15, 0.2) is 79.3 Å². The predicted octanol–water partition coefficient (Wildman–Crippen LogP) is 10.0. The van der Waals surface area contributed by atoms with Crippen molar-refractivity contribution in [2.75, 3.05) is 24.9 Å². The maximum absolute atomic E-state index is 14.5. The summed E-state index contributed by atoms with van der Waals surface area (Å²) in [5, 5.41) is 28.6. The highest BCUT2D eigenvalue weighted by atomic mass is 35.5. The fourth-order valence-electron chi connectivity index (χ4n) is 9.45. The summed E-state index contributed by atoms with van der Waals surface area (Å²) >= 11 is 6.04. The van der Waals surface area contributed by atoms with Gasteiger partial charge in [0.2, 0.25) is 23.1 Å². The van der Waals surface area contributed by atoms with Gasteiger partial charge in [-0.3, -0.25) is 24.5 Å². The largest absolute Gasteiger partial charge is 0.340 e. The van der Waals surface area contributed by atoms with Crippen LogP contribution in [0.4, 0.5) is 68.0 Å². The first-order valence-electron chi connectivity index (χ1n) is 21.8. The number of rotatable bonds is 6. The van der Waals surface area contributed by atoms with E-state index in [0.717, 1.165) is 0 Å². The molecule has 0 spiro atoms. The summed E-state index contributed by atoms with van der Waals surface area (Å²) in [6.07, 6.45) is 4.34. The molecule has 2 atom stereocenters. The number of aromatic amines is 1. The van der Waals surface area contributed by atoms with Crippen molar-refractivity contribution in [3.8, 4) is 12.1 Å². The zero-order valence-corrected chi connectivity index (χ0v) is 37.2. The predicted molar refractivity (Wildman–Crippen MR) is 243 cm³/mol. The van der Waals surface area contributed by atoms with Gasteiger partial charge >= 0.3 is 0 Å². The van der Waals surface area contributed by atoms with Gasteiger partial charge in [0.25, 0.3) is 11.8 Å². The molecule has 10 rings (SSSR count). The third kappa shape index (κ3) is 8.79. The Morgan fingerprint density at radius 1 is 0.721 bits per heavy atom. The molecule has 2 aliphatic carbocycles. The molecule has 2 amide bonds. The Morgan fingerprint density at radius 2 is 1.22 bits per heavy atom. The van der Waals surface area contributed by atoms with Gasteiger partial charge in [-0.15, -0.1) is 0 Å². The van der Waals surface area contributed by atoms with E-state index in [9.17, 15) is 42.1 Å². The molecule has 0 saturated heterocycles. The number of H-pyrrole nitrogens is 1. The van der Waals surface area contributed by atoms with E-state index in [4.69, 9.17) is 16.6 Å². The van der Waals surface area contributed by atoms with Gasteiger partial charge < -0.3 is 15.1 Å². The van der Waals surface area contributed by atoms with Crippen LogP contribution in [-0.4, -0.2) is 78.0 Å². The molecule has 0 radical (unpaired) electrons. The molecule has 2 saturated carbocycles. The van der Waals surface area contributed by atoms with Gasteiger partial charge in [0.1, 0.15) is 29.0 Å². The first-order valence-corrected chi connectivity index (χ1v) is 22.2. The molecule has 5 heterocycles. The molecule has 6 aromatic rings. The number of halogens is 6. The lowest BCUT2D eigenvalue weighted by molar-refractivity contribution is -0.120. The molecular formula is C47H41ClF5N13O2. The first kappa shape index (κ1) is 45.7. The summed E-state index contributed by atoms with van der Waals surface area (Å²) in [7, 11) is 0. The highest BCUT2D eigenvalue weighted by molar-refractivity contribution is 6.28. The molecule has 68 heavy (non-hydrogen) atoms. The summed E-state index contributed by atoms with van der Waals surface area (Å²) < 4.78 is 69.9. The zero-order chi connectivity index (χ0) is 48.1. The summed E-state index contributed by atoms with van der Waals surface area (Å²) in [6, 6.07) is 18.5. The third-order valence-corrected chi connectivity index (χ3v) is 13.0. The standard InChI is InChI=1S/C27H23F3N8O.C20H18ClF2N5O/c1-15-25(39)38(20-4-2-3-16(9-20)12-31)22-14-32-26(34-18-10-17-13-33-36-23(17)21(28)11-18)35-24(22)37(15)19-5-7-27(29,30)8-6-19;1-12-18(29)28(15-4-2-3-13(9-15)10-24)16-11-25-19(21)26-17(16)27(12)14-5-7-20(22,23)8-6-14/h2-4,9-11,13-15,19H,5-8H2,1H3,(H,33,36)(H,32,34,35);2-4,9,11-12,14H,5-8H2,1H3/t15-;12-/m11/s1. The second-order valence-corrected chi connectivity index (χ2v) is 17.5. The summed E-state index contributed by atoms with van der Waals surface area (Å²) in [6.45, 7) is 3.45. The Labute approximate surface area is 391 Å². The zero-order valence-electron chi connectivity index (χ0n) is 36.5. The minimum absolute atomic E-state index is 0.0159. The molecule has 2 aliphatic heterocycles. The number of alkyl halides is 4. The quantitative estimate of drug-likeness (QED) is 0.119. The minimum Gasteiger partial charge on any atom is -0.340 e. The Bertz CT molecular complexity index is 3010. The molecule has 21 heteroatoms. The average Bonchev–Trinajstić information content (AvgIpc) is 3.81. The van der Waals surface area contributed by atoms with Crippen LogP contribution in [0.2, 0.25) is 5.28 Å². The van der Waals surface area contributed by atoms with E-state index in [1.54, 1.807) is 78.2 Å².